The van der Waals surface area contributed by atoms with Crippen LogP contribution in [0.15, 0.2) is 23.0 Å². The lowest BCUT2D eigenvalue weighted by atomic mass is 10.1. The predicted molar refractivity (Wildman–Crippen MR) is 76.2 cm³/mol. The Morgan fingerprint density at radius 2 is 2.10 bits per heavy atom. The molecule has 104 valence electrons. The standard InChI is InChI=1S/C14H15FN4O/c1-18(2)7-11-12-9-5-4-8(15)6-10(9)14(20)16-13(12)19(3)17-11/h4-6H,7H2,1-3H3,(H,16,20). The lowest BCUT2D eigenvalue weighted by molar-refractivity contribution is 0.396. The number of benzene rings is 1. The second-order valence-electron chi connectivity index (χ2n) is 5.18. The van der Waals surface area contributed by atoms with Crippen LogP contribution in [-0.4, -0.2) is 33.8 Å². The molecule has 0 aliphatic carbocycles. The fourth-order valence-corrected chi connectivity index (χ4v) is 2.51. The number of pyridine rings is 1. The molecule has 0 radical (unpaired) electrons. The van der Waals surface area contributed by atoms with Crippen LogP contribution in [0, 0.1) is 5.82 Å². The van der Waals surface area contributed by atoms with E-state index in [1.807, 2.05) is 19.0 Å². The zero-order valence-electron chi connectivity index (χ0n) is 11.6. The molecule has 5 nitrogen and oxygen atoms in total. The third kappa shape index (κ3) is 1.89. The molecule has 1 N–H and O–H groups in total. The number of aryl methyl sites for hydroxylation is 1. The summed E-state index contributed by atoms with van der Waals surface area (Å²) in [4.78, 5) is 16.8. The van der Waals surface area contributed by atoms with Gasteiger partial charge in [-0.2, -0.15) is 5.10 Å². The average Bonchev–Trinajstić information content (AvgIpc) is 2.66. The molecule has 0 amide bonds. The third-order valence-corrected chi connectivity index (χ3v) is 3.31. The van der Waals surface area contributed by atoms with Gasteiger partial charge in [0.1, 0.15) is 11.5 Å². The number of rotatable bonds is 2. The van der Waals surface area contributed by atoms with Gasteiger partial charge < -0.3 is 9.88 Å². The summed E-state index contributed by atoms with van der Waals surface area (Å²) in [6.07, 6.45) is 0. The van der Waals surface area contributed by atoms with Crippen molar-refractivity contribution in [3.8, 4) is 0 Å². The van der Waals surface area contributed by atoms with Crippen LogP contribution < -0.4 is 5.56 Å². The van der Waals surface area contributed by atoms with Crippen molar-refractivity contribution >= 4 is 21.8 Å². The first-order chi connectivity index (χ1) is 9.47. The summed E-state index contributed by atoms with van der Waals surface area (Å²) < 4.78 is 15.0. The minimum atomic E-state index is -0.416. The Morgan fingerprint density at radius 1 is 1.35 bits per heavy atom. The number of aromatic amines is 1. The monoisotopic (exact) mass is 274 g/mol. The molecule has 3 rings (SSSR count). The highest BCUT2D eigenvalue weighted by molar-refractivity contribution is 6.05. The molecule has 0 saturated heterocycles. The maximum atomic E-state index is 13.4. The Morgan fingerprint density at radius 3 is 2.80 bits per heavy atom. The van der Waals surface area contributed by atoms with Crippen molar-refractivity contribution in [1.29, 1.82) is 0 Å². The molecule has 0 atom stereocenters. The summed E-state index contributed by atoms with van der Waals surface area (Å²) in [5, 5.41) is 6.41. The fraction of sp³-hybridized carbons (Fsp3) is 0.286. The highest BCUT2D eigenvalue weighted by Crippen LogP contribution is 2.25. The number of nitrogens with zero attached hydrogens (tertiary/aromatic N) is 3. The Balaban J connectivity index is 2.47. The minimum Gasteiger partial charge on any atom is -0.306 e. The normalized spacial score (nSPS) is 11.8. The van der Waals surface area contributed by atoms with Gasteiger partial charge in [-0.05, 0) is 26.2 Å². The number of hydrogen-bond acceptors (Lipinski definition) is 3. The Kier molecular flexibility index (Phi) is 2.83. The molecule has 1 aromatic carbocycles. The van der Waals surface area contributed by atoms with E-state index >= 15 is 0 Å². The summed E-state index contributed by atoms with van der Waals surface area (Å²) in [5.74, 6) is -0.416. The van der Waals surface area contributed by atoms with Crippen LogP contribution in [0.2, 0.25) is 0 Å². The first kappa shape index (κ1) is 12.8. The van der Waals surface area contributed by atoms with Gasteiger partial charge in [0.25, 0.3) is 5.56 Å². The average molecular weight is 274 g/mol. The van der Waals surface area contributed by atoms with Crippen LogP contribution in [0.5, 0.6) is 0 Å². The maximum Gasteiger partial charge on any atom is 0.257 e. The molecule has 20 heavy (non-hydrogen) atoms. The lowest BCUT2D eigenvalue weighted by Gasteiger charge is -2.07. The van der Waals surface area contributed by atoms with E-state index in [1.54, 1.807) is 17.8 Å². The van der Waals surface area contributed by atoms with Crippen LogP contribution >= 0.6 is 0 Å². The van der Waals surface area contributed by atoms with E-state index in [2.05, 4.69) is 10.1 Å². The van der Waals surface area contributed by atoms with Crippen LogP contribution in [-0.2, 0) is 13.6 Å². The van der Waals surface area contributed by atoms with Gasteiger partial charge in [-0.1, -0.05) is 6.07 Å². The van der Waals surface area contributed by atoms with Gasteiger partial charge in [0, 0.05) is 24.4 Å². The van der Waals surface area contributed by atoms with Crippen LogP contribution in [0.3, 0.4) is 0 Å². The molecule has 0 fully saturated rings. The highest BCUT2D eigenvalue weighted by Gasteiger charge is 2.15. The smallest absolute Gasteiger partial charge is 0.257 e. The lowest BCUT2D eigenvalue weighted by Crippen LogP contribution is -2.12. The van der Waals surface area contributed by atoms with Crippen molar-refractivity contribution < 1.29 is 4.39 Å². The number of halogens is 1. The van der Waals surface area contributed by atoms with Gasteiger partial charge >= 0.3 is 0 Å². The van der Waals surface area contributed by atoms with E-state index < -0.39 is 5.82 Å². The molecule has 6 heteroatoms. The molecule has 2 heterocycles. The van der Waals surface area contributed by atoms with Crippen molar-refractivity contribution in [3.05, 3.63) is 40.1 Å². The second-order valence-corrected chi connectivity index (χ2v) is 5.18. The summed E-state index contributed by atoms with van der Waals surface area (Å²) >= 11 is 0. The van der Waals surface area contributed by atoms with Crippen molar-refractivity contribution in [2.75, 3.05) is 14.1 Å². The number of hydrogen-bond donors (Lipinski definition) is 1. The SMILES string of the molecule is CN(C)Cc1nn(C)c2[nH]c(=O)c3cc(F)ccc3c12. The van der Waals surface area contributed by atoms with E-state index in [-0.39, 0.29) is 5.56 Å². The number of H-pyrrole nitrogens is 1. The van der Waals surface area contributed by atoms with Crippen LogP contribution in [0.4, 0.5) is 4.39 Å². The molecule has 0 saturated carbocycles. The number of nitrogens with one attached hydrogen (secondary N) is 1. The molecule has 0 aliphatic heterocycles. The van der Waals surface area contributed by atoms with Crippen molar-refractivity contribution in [2.24, 2.45) is 7.05 Å². The molecule has 0 unspecified atom stereocenters. The van der Waals surface area contributed by atoms with Crippen LogP contribution in [0.1, 0.15) is 5.69 Å². The van der Waals surface area contributed by atoms with Crippen molar-refractivity contribution in [3.63, 3.8) is 0 Å². The van der Waals surface area contributed by atoms with Gasteiger partial charge in [-0.3, -0.25) is 9.48 Å². The maximum absolute atomic E-state index is 13.4. The van der Waals surface area contributed by atoms with Gasteiger partial charge in [0.05, 0.1) is 11.1 Å². The Hall–Kier alpha value is -2.21. The minimum absolute atomic E-state index is 0.300. The molecule has 0 spiro atoms. The van der Waals surface area contributed by atoms with Gasteiger partial charge in [-0.25, -0.2) is 4.39 Å². The predicted octanol–water partition coefficient (Wildman–Crippen LogP) is 1.62. The molecular weight excluding hydrogens is 259 g/mol. The molecule has 3 aromatic rings. The zero-order chi connectivity index (χ0) is 14.4. The Bertz CT molecular complexity index is 863. The topological polar surface area (TPSA) is 53.9 Å². The summed E-state index contributed by atoms with van der Waals surface area (Å²) in [7, 11) is 5.69. The van der Waals surface area contributed by atoms with Gasteiger partial charge in [-0.15, -0.1) is 0 Å². The summed E-state index contributed by atoms with van der Waals surface area (Å²) in [6, 6.07) is 4.27. The molecule has 0 aliphatic rings. The summed E-state index contributed by atoms with van der Waals surface area (Å²) in [5.41, 5.74) is 1.22. The first-order valence-electron chi connectivity index (χ1n) is 6.29. The van der Waals surface area contributed by atoms with Gasteiger partial charge in [0.15, 0.2) is 0 Å². The third-order valence-electron chi connectivity index (χ3n) is 3.31. The quantitative estimate of drug-likeness (QED) is 0.772. The number of aromatic nitrogens is 3. The first-order valence-corrected chi connectivity index (χ1v) is 6.29. The molecule has 2 aromatic heterocycles. The van der Waals surface area contributed by atoms with E-state index in [0.29, 0.717) is 17.6 Å². The molecular formula is C14H15FN4O. The second kappa shape index (κ2) is 4.42. The highest BCUT2D eigenvalue weighted by atomic mass is 19.1. The van der Waals surface area contributed by atoms with E-state index in [4.69, 9.17) is 0 Å². The Labute approximate surface area is 114 Å². The van der Waals surface area contributed by atoms with Gasteiger partial charge in [0.2, 0.25) is 0 Å². The van der Waals surface area contributed by atoms with Crippen LogP contribution in [0.25, 0.3) is 21.8 Å². The van der Waals surface area contributed by atoms with E-state index in [0.717, 1.165) is 16.5 Å². The van der Waals surface area contributed by atoms with E-state index in [9.17, 15) is 9.18 Å². The van der Waals surface area contributed by atoms with Crippen molar-refractivity contribution in [1.82, 2.24) is 19.7 Å². The fourth-order valence-electron chi connectivity index (χ4n) is 2.51. The van der Waals surface area contributed by atoms with E-state index in [1.165, 1.54) is 12.1 Å². The number of fused-ring (bicyclic) bond motifs is 3. The zero-order valence-corrected chi connectivity index (χ0v) is 11.6. The molecule has 0 bridgehead atoms. The van der Waals surface area contributed by atoms with Crippen molar-refractivity contribution in [2.45, 2.75) is 6.54 Å². The largest absolute Gasteiger partial charge is 0.306 e. The summed E-state index contributed by atoms with van der Waals surface area (Å²) in [6.45, 7) is 0.649.